The highest BCUT2D eigenvalue weighted by Gasteiger charge is 2.14. The van der Waals surface area contributed by atoms with Gasteiger partial charge in [-0.05, 0) is 18.6 Å². The molecule has 5 nitrogen and oxygen atoms in total. The SMILES string of the molecule is Cc1cnc2c(c1)nc(CCl)n2-c1ccn(C)n1. The molecule has 0 aliphatic rings. The molecular weight excluding hydrogens is 250 g/mol. The predicted octanol–water partition coefficient (Wildman–Crippen LogP) is 2.20. The molecule has 0 saturated carbocycles. The van der Waals surface area contributed by atoms with Crippen LogP contribution in [0.15, 0.2) is 24.5 Å². The molecule has 0 aliphatic heterocycles. The third-order valence-corrected chi connectivity index (χ3v) is 2.99. The fourth-order valence-electron chi connectivity index (χ4n) is 1.96. The Labute approximate surface area is 109 Å². The summed E-state index contributed by atoms with van der Waals surface area (Å²) < 4.78 is 3.63. The zero-order valence-electron chi connectivity index (χ0n) is 10.1. The Morgan fingerprint density at radius 1 is 1.39 bits per heavy atom. The lowest BCUT2D eigenvalue weighted by Gasteiger charge is -2.02. The third kappa shape index (κ3) is 1.67. The maximum Gasteiger partial charge on any atom is 0.165 e. The molecule has 0 unspecified atom stereocenters. The van der Waals surface area contributed by atoms with Gasteiger partial charge >= 0.3 is 0 Å². The Bertz CT molecular complexity index is 712. The van der Waals surface area contributed by atoms with Crippen molar-refractivity contribution in [3.63, 3.8) is 0 Å². The van der Waals surface area contributed by atoms with Gasteiger partial charge in [0, 0.05) is 25.5 Å². The van der Waals surface area contributed by atoms with Crippen LogP contribution in [-0.4, -0.2) is 24.3 Å². The van der Waals surface area contributed by atoms with Crippen LogP contribution in [0.25, 0.3) is 17.0 Å². The topological polar surface area (TPSA) is 48.5 Å². The van der Waals surface area contributed by atoms with Gasteiger partial charge in [-0.2, -0.15) is 5.10 Å². The van der Waals surface area contributed by atoms with E-state index in [9.17, 15) is 0 Å². The van der Waals surface area contributed by atoms with E-state index in [0.29, 0.717) is 5.88 Å². The van der Waals surface area contributed by atoms with Crippen LogP contribution in [-0.2, 0) is 12.9 Å². The lowest BCUT2D eigenvalue weighted by atomic mass is 10.3. The van der Waals surface area contributed by atoms with Crippen molar-refractivity contribution in [2.45, 2.75) is 12.8 Å². The highest BCUT2D eigenvalue weighted by molar-refractivity contribution is 6.16. The minimum absolute atomic E-state index is 0.325. The molecule has 18 heavy (non-hydrogen) atoms. The number of rotatable bonds is 2. The molecule has 0 N–H and O–H groups in total. The van der Waals surface area contributed by atoms with Gasteiger partial charge in [-0.25, -0.2) is 9.97 Å². The fraction of sp³-hybridized carbons (Fsp3) is 0.250. The maximum atomic E-state index is 5.95. The van der Waals surface area contributed by atoms with E-state index >= 15 is 0 Å². The molecular formula is C12H12ClN5. The molecule has 3 rings (SSSR count). The second kappa shape index (κ2) is 4.10. The number of alkyl halides is 1. The molecule has 92 valence electrons. The zero-order chi connectivity index (χ0) is 12.7. The van der Waals surface area contributed by atoms with E-state index in [1.165, 1.54) is 0 Å². The molecule has 0 aliphatic carbocycles. The minimum atomic E-state index is 0.325. The first kappa shape index (κ1) is 11.2. The number of nitrogens with zero attached hydrogens (tertiary/aromatic N) is 5. The van der Waals surface area contributed by atoms with Crippen LogP contribution < -0.4 is 0 Å². The van der Waals surface area contributed by atoms with Gasteiger partial charge < -0.3 is 0 Å². The Kier molecular flexibility index (Phi) is 2.56. The van der Waals surface area contributed by atoms with Gasteiger partial charge in [0.05, 0.1) is 5.88 Å². The van der Waals surface area contributed by atoms with Gasteiger partial charge in [0.1, 0.15) is 11.3 Å². The number of aryl methyl sites for hydroxylation is 2. The van der Waals surface area contributed by atoms with E-state index in [2.05, 4.69) is 15.1 Å². The standard InChI is InChI=1S/C12H12ClN5/c1-8-5-9-12(14-7-8)18(11(6-13)15-9)10-3-4-17(2)16-10/h3-5,7H,6H2,1-2H3. The lowest BCUT2D eigenvalue weighted by molar-refractivity contribution is 0.748. The Morgan fingerprint density at radius 2 is 2.22 bits per heavy atom. The van der Waals surface area contributed by atoms with Crippen LogP contribution in [0.1, 0.15) is 11.4 Å². The first-order chi connectivity index (χ1) is 8.69. The van der Waals surface area contributed by atoms with Crippen molar-refractivity contribution >= 4 is 22.8 Å². The number of aromatic nitrogens is 5. The first-order valence-corrected chi connectivity index (χ1v) is 6.12. The summed E-state index contributed by atoms with van der Waals surface area (Å²) in [5.74, 6) is 1.86. The van der Waals surface area contributed by atoms with Crippen LogP contribution >= 0.6 is 11.6 Å². The number of imidazole rings is 1. The van der Waals surface area contributed by atoms with E-state index in [1.807, 2.05) is 43.1 Å². The first-order valence-electron chi connectivity index (χ1n) is 5.59. The van der Waals surface area contributed by atoms with Crippen molar-refractivity contribution in [2.24, 2.45) is 7.05 Å². The normalized spacial score (nSPS) is 11.3. The summed E-state index contributed by atoms with van der Waals surface area (Å²) in [6.07, 6.45) is 3.70. The zero-order valence-corrected chi connectivity index (χ0v) is 10.9. The largest absolute Gasteiger partial charge is 0.274 e. The van der Waals surface area contributed by atoms with Crippen LogP contribution in [0.4, 0.5) is 0 Å². The molecule has 0 saturated heterocycles. The van der Waals surface area contributed by atoms with Crippen LogP contribution in [0, 0.1) is 6.92 Å². The summed E-state index contributed by atoms with van der Waals surface area (Å²) in [4.78, 5) is 8.92. The van der Waals surface area contributed by atoms with Crippen molar-refractivity contribution in [1.29, 1.82) is 0 Å². The molecule has 0 bridgehead atoms. The van der Waals surface area contributed by atoms with E-state index in [1.54, 1.807) is 4.68 Å². The van der Waals surface area contributed by atoms with Crippen molar-refractivity contribution in [1.82, 2.24) is 24.3 Å². The van der Waals surface area contributed by atoms with E-state index < -0.39 is 0 Å². The summed E-state index contributed by atoms with van der Waals surface area (Å²) in [6.45, 7) is 1.99. The average molecular weight is 262 g/mol. The van der Waals surface area contributed by atoms with Gasteiger partial charge in [-0.3, -0.25) is 9.25 Å². The molecule has 3 heterocycles. The number of hydrogen-bond donors (Lipinski definition) is 0. The summed E-state index contributed by atoms with van der Waals surface area (Å²) in [7, 11) is 1.88. The molecule has 0 atom stereocenters. The van der Waals surface area contributed by atoms with Crippen molar-refractivity contribution in [2.75, 3.05) is 0 Å². The fourth-order valence-corrected chi connectivity index (χ4v) is 2.14. The summed E-state index contributed by atoms with van der Waals surface area (Å²) in [5.41, 5.74) is 2.71. The van der Waals surface area contributed by atoms with Gasteiger partial charge in [0.25, 0.3) is 0 Å². The second-order valence-electron chi connectivity index (χ2n) is 4.20. The number of halogens is 1. The van der Waals surface area contributed by atoms with E-state index in [-0.39, 0.29) is 0 Å². The molecule has 0 amide bonds. The molecule has 0 radical (unpaired) electrons. The monoisotopic (exact) mass is 261 g/mol. The number of pyridine rings is 1. The van der Waals surface area contributed by atoms with Crippen molar-refractivity contribution in [3.8, 4) is 5.82 Å². The predicted molar refractivity (Wildman–Crippen MR) is 69.9 cm³/mol. The van der Waals surface area contributed by atoms with Crippen molar-refractivity contribution < 1.29 is 0 Å². The quantitative estimate of drug-likeness (QED) is 0.665. The third-order valence-electron chi connectivity index (χ3n) is 2.75. The molecule has 6 heteroatoms. The average Bonchev–Trinajstić information content (AvgIpc) is 2.91. The van der Waals surface area contributed by atoms with Crippen molar-refractivity contribution in [3.05, 3.63) is 35.9 Å². The highest BCUT2D eigenvalue weighted by atomic mass is 35.5. The molecule has 3 aromatic heterocycles. The molecule has 0 aromatic carbocycles. The van der Waals surface area contributed by atoms with E-state index in [4.69, 9.17) is 11.6 Å². The number of hydrogen-bond acceptors (Lipinski definition) is 3. The smallest absolute Gasteiger partial charge is 0.165 e. The summed E-state index contributed by atoms with van der Waals surface area (Å²) in [5, 5.41) is 4.38. The molecule has 3 aromatic rings. The highest BCUT2D eigenvalue weighted by Crippen LogP contribution is 2.20. The van der Waals surface area contributed by atoms with Gasteiger partial charge in [0.15, 0.2) is 11.5 Å². The van der Waals surface area contributed by atoms with Crippen LogP contribution in [0.3, 0.4) is 0 Å². The van der Waals surface area contributed by atoms with Gasteiger partial charge in [-0.1, -0.05) is 0 Å². The van der Waals surface area contributed by atoms with Crippen LogP contribution in [0.2, 0.25) is 0 Å². The van der Waals surface area contributed by atoms with Gasteiger partial charge in [-0.15, -0.1) is 11.6 Å². The molecule has 0 fully saturated rings. The van der Waals surface area contributed by atoms with E-state index in [0.717, 1.165) is 28.4 Å². The minimum Gasteiger partial charge on any atom is -0.274 e. The maximum absolute atomic E-state index is 5.95. The van der Waals surface area contributed by atoms with Gasteiger partial charge in [0.2, 0.25) is 0 Å². The summed E-state index contributed by atoms with van der Waals surface area (Å²) >= 11 is 5.95. The Balaban J connectivity index is 2.32. The van der Waals surface area contributed by atoms with Crippen LogP contribution in [0.5, 0.6) is 0 Å². The Morgan fingerprint density at radius 3 is 2.89 bits per heavy atom. The number of fused-ring (bicyclic) bond motifs is 1. The summed E-state index contributed by atoms with van der Waals surface area (Å²) in [6, 6.07) is 3.91. The Hall–Kier alpha value is -1.88. The molecule has 0 spiro atoms. The second-order valence-corrected chi connectivity index (χ2v) is 4.47. The lowest BCUT2D eigenvalue weighted by Crippen LogP contribution is -2.02.